The first-order valence-electron chi connectivity index (χ1n) is 9.28. The molecule has 2 heterocycles. The molecule has 5 heteroatoms. The number of hydrogen-bond acceptors (Lipinski definition) is 3. The number of nitrogens with one attached hydrogen (secondary N) is 2. The average Bonchev–Trinajstić information content (AvgIpc) is 3.02. The minimum atomic E-state index is -0.338. The molecule has 1 aromatic carbocycles. The first kappa shape index (κ1) is 17.8. The fourth-order valence-electron chi connectivity index (χ4n) is 3.57. The van der Waals surface area contributed by atoms with Gasteiger partial charge in [0.25, 0.3) is 0 Å². The Morgan fingerprint density at radius 2 is 1.76 bits per heavy atom. The molecule has 1 unspecified atom stereocenters. The van der Waals surface area contributed by atoms with E-state index >= 15 is 0 Å². The Labute approximate surface area is 150 Å². The van der Waals surface area contributed by atoms with Crippen LogP contribution in [0.15, 0.2) is 24.3 Å². The molecule has 0 bridgehead atoms. The fourth-order valence-corrected chi connectivity index (χ4v) is 3.57. The number of benzene rings is 1. The summed E-state index contributed by atoms with van der Waals surface area (Å²) < 4.78 is 0. The Bertz CT molecular complexity index is 625. The molecule has 0 radical (unpaired) electrons. The van der Waals surface area contributed by atoms with Gasteiger partial charge in [0.15, 0.2) is 0 Å². The van der Waals surface area contributed by atoms with Crippen LogP contribution in [0.1, 0.15) is 52.0 Å². The van der Waals surface area contributed by atoms with E-state index in [1.165, 1.54) is 11.3 Å². The molecule has 1 aromatic rings. The molecule has 5 nitrogen and oxygen atoms in total. The molecule has 2 aliphatic rings. The van der Waals surface area contributed by atoms with Gasteiger partial charge in [-0.15, -0.1) is 0 Å². The van der Waals surface area contributed by atoms with Gasteiger partial charge in [-0.25, -0.2) is 0 Å². The minimum Gasteiger partial charge on any atom is -0.371 e. The highest BCUT2D eigenvalue weighted by Crippen LogP contribution is 2.26. The highest BCUT2D eigenvalue weighted by atomic mass is 16.2. The Kier molecular flexibility index (Phi) is 5.02. The van der Waals surface area contributed by atoms with Crippen molar-refractivity contribution in [3.63, 3.8) is 0 Å². The van der Waals surface area contributed by atoms with E-state index in [4.69, 9.17) is 0 Å². The van der Waals surface area contributed by atoms with E-state index in [1.54, 1.807) is 0 Å². The average molecular weight is 343 g/mol. The lowest BCUT2D eigenvalue weighted by molar-refractivity contribution is -0.126. The minimum absolute atomic E-state index is 0.0197. The highest BCUT2D eigenvalue weighted by molar-refractivity contribution is 5.90. The number of nitrogens with zero attached hydrogens (tertiary/aromatic N) is 1. The second-order valence-electron chi connectivity index (χ2n) is 8.23. The van der Waals surface area contributed by atoms with Crippen LogP contribution in [0.2, 0.25) is 0 Å². The number of rotatable bonds is 3. The van der Waals surface area contributed by atoms with Gasteiger partial charge in [0, 0.05) is 31.2 Å². The summed E-state index contributed by atoms with van der Waals surface area (Å²) in [5, 5.41) is 5.84. The van der Waals surface area contributed by atoms with Crippen molar-refractivity contribution in [3.05, 3.63) is 29.8 Å². The van der Waals surface area contributed by atoms with Gasteiger partial charge in [0.1, 0.15) is 6.04 Å². The van der Waals surface area contributed by atoms with E-state index in [0.29, 0.717) is 12.8 Å². The standard InChI is InChI=1S/C20H29N3O2/c1-20(2,3)14-4-6-16(7-5-14)23-12-10-15(11-13-23)21-19(25)17-8-9-18(24)22-17/h4-7,15,17H,8-13H2,1-3H3,(H,21,25)(H,22,24). The van der Waals surface area contributed by atoms with Crippen molar-refractivity contribution in [2.75, 3.05) is 18.0 Å². The number of hydrogen-bond donors (Lipinski definition) is 2. The van der Waals surface area contributed by atoms with Crippen LogP contribution < -0.4 is 15.5 Å². The molecule has 3 rings (SSSR count). The number of carbonyl (C=O) groups is 2. The number of carbonyl (C=O) groups excluding carboxylic acids is 2. The van der Waals surface area contributed by atoms with Crippen LogP contribution in [0, 0.1) is 0 Å². The highest BCUT2D eigenvalue weighted by Gasteiger charge is 2.29. The van der Waals surface area contributed by atoms with E-state index in [9.17, 15) is 9.59 Å². The maximum absolute atomic E-state index is 12.2. The van der Waals surface area contributed by atoms with Crippen molar-refractivity contribution in [2.45, 2.75) is 64.0 Å². The van der Waals surface area contributed by atoms with E-state index < -0.39 is 0 Å². The lowest BCUT2D eigenvalue weighted by atomic mass is 9.87. The van der Waals surface area contributed by atoms with Crippen LogP contribution in [-0.2, 0) is 15.0 Å². The molecule has 0 spiro atoms. The van der Waals surface area contributed by atoms with E-state index in [-0.39, 0.29) is 29.3 Å². The van der Waals surface area contributed by atoms with Crippen LogP contribution >= 0.6 is 0 Å². The molecule has 0 aliphatic carbocycles. The third-order valence-electron chi connectivity index (χ3n) is 5.25. The Hall–Kier alpha value is -2.04. The summed E-state index contributed by atoms with van der Waals surface area (Å²) in [5.41, 5.74) is 2.77. The molecule has 0 aromatic heterocycles. The fraction of sp³-hybridized carbons (Fsp3) is 0.600. The van der Waals surface area contributed by atoms with Crippen molar-refractivity contribution >= 4 is 17.5 Å². The summed E-state index contributed by atoms with van der Waals surface area (Å²) in [5.74, 6) is -0.0486. The quantitative estimate of drug-likeness (QED) is 0.886. The predicted molar refractivity (Wildman–Crippen MR) is 99.7 cm³/mol. The van der Waals surface area contributed by atoms with Crippen molar-refractivity contribution in [1.29, 1.82) is 0 Å². The SMILES string of the molecule is CC(C)(C)c1ccc(N2CCC(NC(=O)C3CCC(=O)N3)CC2)cc1. The van der Waals surface area contributed by atoms with Gasteiger partial charge in [-0.1, -0.05) is 32.9 Å². The van der Waals surface area contributed by atoms with Gasteiger partial charge in [0.2, 0.25) is 11.8 Å². The zero-order valence-corrected chi connectivity index (χ0v) is 15.5. The zero-order valence-electron chi connectivity index (χ0n) is 15.5. The summed E-state index contributed by atoms with van der Waals surface area (Å²) in [6, 6.07) is 8.70. The summed E-state index contributed by atoms with van der Waals surface area (Å²) in [6.45, 7) is 8.56. The molecule has 2 fully saturated rings. The smallest absolute Gasteiger partial charge is 0.242 e. The van der Waals surface area contributed by atoms with Gasteiger partial charge < -0.3 is 15.5 Å². The predicted octanol–water partition coefficient (Wildman–Crippen LogP) is 2.35. The second-order valence-corrected chi connectivity index (χ2v) is 8.23. The third-order valence-corrected chi connectivity index (χ3v) is 5.25. The lowest BCUT2D eigenvalue weighted by Gasteiger charge is -2.34. The summed E-state index contributed by atoms with van der Waals surface area (Å²) in [7, 11) is 0. The van der Waals surface area contributed by atoms with Crippen LogP contribution in [0.3, 0.4) is 0 Å². The second kappa shape index (κ2) is 7.06. The zero-order chi connectivity index (χ0) is 18.0. The molecule has 1 atom stereocenters. The molecule has 2 amide bonds. The number of anilines is 1. The number of amides is 2. The first-order valence-corrected chi connectivity index (χ1v) is 9.28. The molecule has 25 heavy (non-hydrogen) atoms. The van der Waals surface area contributed by atoms with Crippen molar-refractivity contribution in [1.82, 2.24) is 10.6 Å². The van der Waals surface area contributed by atoms with E-state index in [2.05, 4.69) is 60.6 Å². The van der Waals surface area contributed by atoms with Crippen LogP contribution in [0.5, 0.6) is 0 Å². The first-order chi connectivity index (χ1) is 11.8. The van der Waals surface area contributed by atoms with Gasteiger partial charge in [-0.05, 0) is 42.4 Å². The molecule has 0 saturated carbocycles. The molecule has 136 valence electrons. The van der Waals surface area contributed by atoms with Crippen LogP contribution in [0.4, 0.5) is 5.69 Å². The molecule has 2 N–H and O–H groups in total. The van der Waals surface area contributed by atoms with Crippen LogP contribution in [-0.4, -0.2) is 37.0 Å². The lowest BCUT2D eigenvalue weighted by Crippen LogP contribution is -2.49. The Balaban J connectivity index is 1.50. The molecule has 2 aliphatic heterocycles. The third kappa shape index (κ3) is 4.33. The van der Waals surface area contributed by atoms with E-state index in [1.807, 2.05) is 0 Å². The van der Waals surface area contributed by atoms with Gasteiger partial charge in [0.05, 0.1) is 0 Å². The van der Waals surface area contributed by atoms with Gasteiger partial charge >= 0.3 is 0 Å². The summed E-state index contributed by atoms with van der Waals surface area (Å²) in [6.07, 6.45) is 2.95. The van der Waals surface area contributed by atoms with Crippen molar-refractivity contribution in [2.24, 2.45) is 0 Å². The normalized spacial score (nSPS) is 22.0. The Morgan fingerprint density at radius 3 is 2.28 bits per heavy atom. The molecular formula is C20H29N3O2. The van der Waals surface area contributed by atoms with E-state index in [0.717, 1.165) is 25.9 Å². The van der Waals surface area contributed by atoms with Crippen molar-refractivity contribution in [3.8, 4) is 0 Å². The Morgan fingerprint density at radius 1 is 1.12 bits per heavy atom. The largest absolute Gasteiger partial charge is 0.371 e. The molecular weight excluding hydrogens is 314 g/mol. The maximum atomic E-state index is 12.2. The van der Waals surface area contributed by atoms with Crippen molar-refractivity contribution < 1.29 is 9.59 Å². The monoisotopic (exact) mass is 343 g/mol. The topological polar surface area (TPSA) is 61.4 Å². The van der Waals surface area contributed by atoms with Gasteiger partial charge in [-0.2, -0.15) is 0 Å². The maximum Gasteiger partial charge on any atom is 0.242 e. The van der Waals surface area contributed by atoms with Gasteiger partial charge in [-0.3, -0.25) is 9.59 Å². The summed E-state index contributed by atoms with van der Waals surface area (Å²) >= 11 is 0. The van der Waals surface area contributed by atoms with Crippen LogP contribution in [0.25, 0.3) is 0 Å². The number of piperidine rings is 1. The molecule has 2 saturated heterocycles. The summed E-state index contributed by atoms with van der Waals surface area (Å²) in [4.78, 5) is 25.8.